The number of ether oxygens (including phenoxy) is 1. The Morgan fingerprint density at radius 1 is 1.34 bits per heavy atom. The number of hydrogen-bond donors (Lipinski definition) is 3. The summed E-state index contributed by atoms with van der Waals surface area (Å²) < 4.78 is 48.2. The van der Waals surface area contributed by atoms with Crippen LogP contribution in [0.15, 0.2) is 64.6 Å². The van der Waals surface area contributed by atoms with Crippen molar-refractivity contribution in [2.45, 2.75) is 68.7 Å². The van der Waals surface area contributed by atoms with Crippen molar-refractivity contribution in [1.29, 1.82) is 0 Å². The number of pyridine rings is 1. The van der Waals surface area contributed by atoms with E-state index >= 15 is 0 Å². The third kappa shape index (κ3) is 6.09. The van der Waals surface area contributed by atoms with E-state index in [1.165, 1.54) is 24.5 Å². The molecule has 5 rings (SSSR count). The van der Waals surface area contributed by atoms with Gasteiger partial charge in [-0.1, -0.05) is 29.3 Å². The number of rotatable bonds is 7. The largest absolute Gasteiger partial charge is 0.466 e. The van der Waals surface area contributed by atoms with Crippen LogP contribution in [0.5, 0.6) is 0 Å². The molecule has 218 valence electrons. The number of hydrogen-bond acceptors (Lipinski definition) is 9. The lowest BCUT2D eigenvalue weighted by molar-refractivity contribution is -0.150. The summed E-state index contributed by atoms with van der Waals surface area (Å²) in [6.07, 6.45) is 4.84. The van der Waals surface area contributed by atoms with Crippen molar-refractivity contribution < 1.29 is 27.4 Å². The quantitative estimate of drug-likeness (QED) is 0.341. The minimum atomic E-state index is -4.02. The summed E-state index contributed by atoms with van der Waals surface area (Å²) in [6, 6.07) is 7.71. The van der Waals surface area contributed by atoms with Crippen molar-refractivity contribution in [3.63, 3.8) is 0 Å². The van der Waals surface area contributed by atoms with Gasteiger partial charge < -0.3 is 20.5 Å². The molecule has 3 atom stereocenters. The zero-order chi connectivity index (χ0) is 29.4. The Morgan fingerprint density at radius 3 is 2.83 bits per heavy atom. The molecule has 0 spiro atoms. The van der Waals surface area contributed by atoms with E-state index in [4.69, 9.17) is 16.3 Å². The van der Waals surface area contributed by atoms with Crippen LogP contribution >= 0.6 is 11.6 Å². The number of carbonyl (C=O) groups is 1. The van der Waals surface area contributed by atoms with Gasteiger partial charge in [-0.3, -0.25) is 4.79 Å². The molecule has 3 aromatic rings. The van der Waals surface area contributed by atoms with Gasteiger partial charge in [-0.2, -0.15) is 0 Å². The summed E-state index contributed by atoms with van der Waals surface area (Å²) >= 11 is 6.23. The van der Waals surface area contributed by atoms with Crippen LogP contribution in [0.4, 0.5) is 4.39 Å². The van der Waals surface area contributed by atoms with E-state index in [1.54, 1.807) is 25.1 Å². The first-order valence-corrected chi connectivity index (χ1v) is 15.1. The lowest BCUT2D eigenvalue weighted by Gasteiger charge is -2.37. The third-order valence-electron chi connectivity index (χ3n) is 7.27. The minimum Gasteiger partial charge on any atom is -0.466 e. The second-order valence-corrected chi connectivity index (χ2v) is 12.7. The van der Waals surface area contributed by atoms with E-state index in [2.05, 4.69) is 20.6 Å². The number of benzene rings is 1. The van der Waals surface area contributed by atoms with Crippen LogP contribution in [-0.4, -0.2) is 52.5 Å². The van der Waals surface area contributed by atoms with Crippen molar-refractivity contribution in [1.82, 2.24) is 19.6 Å². The first kappa shape index (κ1) is 29.0. The van der Waals surface area contributed by atoms with Crippen molar-refractivity contribution in [3.05, 3.63) is 70.9 Å². The number of aryl methyl sites for hydroxylation is 1. The van der Waals surface area contributed by atoms with Crippen LogP contribution in [-0.2, 0) is 19.6 Å². The van der Waals surface area contributed by atoms with Gasteiger partial charge >= 0.3 is 5.97 Å². The number of nitrogens with one attached hydrogen (secondary N) is 2. The van der Waals surface area contributed by atoms with Gasteiger partial charge in [0.15, 0.2) is 17.3 Å². The molecule has 3 N–H and O–H groups in total. The number of carbonyl (C=O) groups excluding carboxylic acids is 1. The van der Waals surface area contributed by atoms with Crippen LogP contribution < -0.4 is 10.6 Å². The second kappa shape index (κ2) is 11.4. The van der Waals surface area contributed by atoms with E-state index in [9.17, 15) is 22.7 Å². The molecule has 1 unspecified atom stereocenters. The Morgan fingerprint density at radius 2 is 2.10 bits per heavy atom. The number of nitrogens with zero attached hydrogens (tertiary/aromatic N) is 3. The Hall–Kier alpha value is -3.48. The van der Waals surface area contributed by atoms with Crippen LogP contribution in [0.3, 0.4) is 0 Å². The Labute approximate surface area is 242 Å². The molecule has 41 heavy (non-hydrogen) atoms. The van der Waals surface area contributed by atoms with Crippen LogP contribution in [0, 0.1) is 6.92 Å². The van der Waals surface area contributed by atoms with Crippen molar-refractivity contribution in [2.24, 2.45) is 4.99 Å². The second-order valence-electron chi connectivity index (χ2n) is 10.4. The Bertz CT molecular complexity index is 1640. The van der Waals surface area contributed by atoms with Gasteiger partial charge in [0.05, 0.1) is 28.5 Å². The number of aliphatic hydroxyl groups is 1. The monoisotopic (exact) mass is 603 g/mol. The van der Waals surface area contributed by atoms with E-state index in [0.717, 1.165) is 15.7 Å². The van der Waals surface area contributed by atoms with Gasteiger partial charge in [-0.25, -0.2) is 26.8 Å². The van der Waals surface area contributed by atoms with E-state index in [0.29, 0.717) is 35.2 Å². The number of fused-ring (bicyclic) bond motifs is 1. The average Bonchev–Trinajstić information content (AvgIpc) is 3.29. The fourth-order valence-corrected chi connectivity index (χ4v) is 6.80. The third-order valence-corrected chi connectivity index (χ3v) is 9.15. The Kier molecular flexibility index (Phi) is 8.09. The predicted octanol–water partition coefficient (Wildman–Crippen LogP) is 4.26. The maximum absolute atomic E-state index is 15.0. The highest BCUT2D eigenvalue weighted by Gasteiger charge is 2.38. The lowest BCUT2D eigenvalue weighted by Crippen LogP contribution is -2.47. The summed E-state index contributed by atoms with van der Waals surface area (Å²) in [6.45, 7) is 3.79. The molecule has 1 aliphatic heterocycles. The number of halogens is 2. The van der Waals surface area contributed by atoms with Crippen LogP contribution in [0.2, 0.25) is 5.02 Å². The summed E-state index contributed by atoms with van der Waals surface area (Å²) in [5.74, 6) is -1.17. The normalized spacial score (nSPS) is 23.0. The molecule has 0 amide bonds. The molecular weight excluding hydrogens is 573 g/mol. The summed E-state index contributed by atoms with van der Waals surface area (Å²) in [7, 11) is -4.02. The topological polar surface area (TPSA) is 135 Å². The Balaban J connectivity index is 1.46. The fourth-order valence-electron chi connectivity index (χ4n) is 5.31. The fraction of sp³-hybridized carbons (Fsp3) is 0.393. The van der Waals surface area contributed by atoms with Gasteiger partial charge in [0.25, 0.3) is 10.0 Å². The first-order valence-electron chi connectivity index (χ1n) is 13.3. The molecule has 1 aliphatic carbocycles. The molecule has 1 saturated carbocycles. The molecule has 13 heteroatoms. The van der Waals surface area contributed by atoms with Gasteiger partial charge in [0, 0.05) is 35.6 Å². The van der Waals surface area contributed by atoms with Crippen molar-refractivity contribution >= 4 is 44.5 Å². The smallest absolute Gasteiger partial charge is 0.308 e. The minimum absolute atomic E-state index is 0.0450. The summed E-state index contributed by atoms with van der Waals surface area (Å²) in [5, 5.41) is 17.7. The highest BCUT2D eigenvalue weighted by molar-refractivity contribution is 7.90. The molecule has 3 heterocycles. The van der Waals surface area contributed by atoms with E-state index < -0.39 is 33.6 Å². The molecule has 2 aromatic heterocycles. The maximum atomic E-state index is 15.0. The number of amidine groups is 1. The van der Waals surface area contributed by atoms with Gasteiger partial charge in [0.1, 0.15) is 6.17 Å². The van der Waals surface area contributed by atoms with Crippen molar-refractivity contribution in [3.8, 4) is 0 Å². The molecular formula is C28H31ClFN5O5S. The van der Waals surface area contributed by atoms with Gasteiger partial charge in [-0.15, -0.1) is 0 Å². The standard InChI is InChI=1S/C28H31ClFN5O5S/c1-3-40-24(36)13-28(37)10-4-5-19(12-28)33-26-23(30)15-31-25(34-26)22-16-35(27-21(22)11-18(29)14-32-27)41(38,39)20-8-6-17(2)7-9-20/h6-9,11,14-16,19,25,31,37H,3-5,10,12-13H2,1-2H3,(H,33,34)/t19-,25?,28-/m0/s1. The van der Waals surface area contributed by atoms with Crippen LogP contribution in [0.25, 0.3) is 11.0 Å². The zero-order valence-corrected chi connectivity index (χ0v) is 24.2. The maximum Gasteiger partial charge on any atom is 0.308 e. The molecule has 1 aromatic carbocycles. The number of aromatic nitrogens is 2. The molecule has 10 nitrogen and oxygen atoms in total. The molecule has 1 fully saturated rings. The van der Waals surface area contributed by atoms with E-state index in [1.807, 2.05) is 6.92 Å². The molecule has 2 aliphatic rings. The van der Waals surface area contributed by atoms with E-state index in [-0.39, 0.29) is 41.9 Å². The first-order chi connectivity index (χ1) is 19.5. The summed E-state index contributed by atoms with van der Waals surface area (Å²) in [4.78, 5) is 20.9. The highest BCUT2D eigenvalue weighted by Crippen LogP contribution is 2.34. The van der Waals surface area contributed by atoms with Crippen molar-refractivity contribution in [2.75, 3.05) is 6.61 Å². The molecule has 0 bridgehead atoms. The zero-order valence-electron chi connectivity index (χ0n) is 22.6. The average molecular weight is 604 g/mol. The van der Waals surface area contributed by atoms with Crippen LogP contribution in [0.1, 0.15) is 56.3 Å². The summed E-state index contributed by atoms with van der Waals surface area (Å²) in [5.41, 5.74) is 0.230. The predicted molar refractivity (Wildman–Crippen MR) is 153 cm³/mol. The number of aliphatic imine (C=N–C) groups is 1. The van der Waals surface area contributed by atoms with Gasteiger partial charge in [-0.05, 0) is 57.7 Å². The molecule has 0 radical (unpaired) electrons. The molecule has 0 saturated heterocycles. The SMILES string of the molecule is CCOC(=O)C[C@]1(O)CCC[C@H](NC2=NC(c3cn(S(=O)(=O)c4ccc(C)cc4)c4ncc(Cl)cc34)NC=C2F)C1. The highest BCUT2D eigenvalue weighted by atomic mass is 35.5. The lowest BCUT2D eigenvalue weighted by atomic mass is 9.79. The number of esters is 1. The van der Waals surface area contributed by atoms with Gasteiger partial charge in [0.2, 0.25) is 0 Å².